The number of hydrogen-bond acceptors (Lipinski definition) is 5. The molecule has 1 unspecified atom stereocenters. The third-order valence-corrected chi connectivity index (χ3v) is 6.06. The lowest BCUT2D eigenvalue weighted by Crippen LogP contribution is -2.40. The zero-order valence-corrected chi connectivity index (χ0v) is 17.6. The van der Waals surface area contributed by atoms with E-state index in [2.05, 4.69) is 34.9 Å². The molecule has 1 saturated heterocycles. The lowest BCUT2D eigenvalue weighted by molar-refractivity contribution is 0.131. The Kier molecular flexibility index (Phi) is 8.92. The molecule has 0 aliphatic carbocycles. The highest BCUT2D eigenvalue weighted by atomic mass is 32.2. The van der Waals surface area contributed by atoms with Crippen molar-refractivity contribution in [3.63, 3.8) is 0 Å². The first-order valence-corrected chi connectivity index (χ1v) is 11.2. The third-order valence-electron chi connectivity index (χ3n) is 5.05. The summed E-state index contributed by atoms with van der Waals surface area (Å²) < 4.78 is 11.0. The van der Waals surface area contributed by atoms with Crippen molar-refractivity contribution in [2.45, 2.75) is 24.2 Å². The Hall–Kier alpha value is -1.96. The van der Waals surface area contributed by atoms with Crippen LogP contribution in [-0.4, -0.2) is 56.3 Å². The van der Waals surface area contributed by atoms with Crippen molar-refractivity contribution in [1.82, 2.24) is 10.6 Å². The van der Waals surface area contributed by atoms with Crippen molar-refractivity contribution in [2.24, 2.45) is 10.4 Å². The van der Waals surface area contributed by atoms with E-state index in [1.807, 2.05) is 30.0 Å². The zero-order valence-electron chi connectivity index (χ0n) is 16.8. The molecule has 0 bridgehead atoms. The van der Waals surface area contributed by atoms with Gasteiger partial charge >= 0.3 is 0 Å². The first-order valence-electron chi connectivity index (χ1n) is 10.2. The average Bonchev–Trinajstić information content (AvgIpc) is 3.43. The van der Waals surface area contributed by atoms with Crippen molar-refractivity contribution < 1.29 is 14.3 Å². The van der Waals surface area contributed by atoms with E-state index < -0.39 is 0 Å². The molecule has 1 aromatic carbocycles. The topological polar surface area (TPSA) is 79.0 Å². The predicted octanol–water partition coefficient (Wildman–Crippen LogP) is 2.94. The van der Waals surface area contributed by atoms with Crippen LogP contribution in [0.1, 0.15) is 18.6 Å². The fraction of sp³-hybridized carbons (Fsp3) is 0.500. The highest BCUT2D eigenvalue weighted by Gasteiger charge is 2.34. The van der Waals surface area contributed by atoms with E-state index in [0.717, 1.165) is 56.4 Å². The largest absolute Gasteiger partial charge is 0.469 e. The number of hydrogen-bond donors (Lipinski definition) is 3. The lowest BCUT2D eigenvalue weighted by atomic mass is 9.84. The maximum atomic E-state index is 9.44. The van der Waals surface area contributed by atoms with Crippen LogP contribution in [0.25, 0.3) is 0 Å². The Morgan fingerprint density at radius 2 is 2.00 bits per heavy atom. The Morgan fingerprint density at radius 3 is 2.72 bits per heavy atom. The third kappa shape index (κ3) is 7.42. The van der Waals surface area contributed by atoms with Crippen molar-refractivity contribution in [3.8, 4) is 0 Å². The van der Waals surface area contributed by atoms with Crippen molar-refractivity contribution in [1.29, 1.82) is 0 Å². The summed E-state index contributed by atoms with van der Waals surface area (Å²) in [6.07, 6.45) is 4.17. The van der Waals surface area contributed by atoms with Crippen LogP contribution in [0.3, 0.4) is 0 Å². The van der Waals surface area contributed by atoms with Gasteiger partial charge in [-0.3, -0.25) is 4.99 Å². The molecule has 2 heterocycles. The number of rotatable bonds is 11. The van der Waals surface area contributed by atoms with Gasteiger partial charge in [0.2, 0.25) is 0 Å². The Morgan fingerprint density at radius 1 is 1.14 bits per heavy atom. The van der Waals surface area contributed by atoms with Gasteiger partial charge in [0.25, 0.3) is 0 Å². The SMILES string of the molecule is OCCC1(CN=C(NCCSc2ccccc2)NCCc2ccco2)CCOC1. The summed E-state index contributed by atoms with van der Waals surface area (Å²) in [5.41, 5.74) is -0.0524. The van der Waals surface area contributed by atoms with Gasteiger partial charge in [0.1, 0.15) is 5.76 Å². The van der Waals surface area contributed by atoms with Gasteiger partial charge in [-0.2, -0.15) is 0 Å². The number of guanidine groups is 1. The summed E-state index contributed by atoms with van der Waals surface area (Å²) in [7, 11) is 0. The number of thioether (sulfide) groups is 1. The molecular formula is C22H31N3O3S. The van der Waals surface area contributed by atoms with Gasteiger partial charge < -0.3 is 24.9 Å². The molecule has 158 valence electrons. The van der Waals surface area contributed by atoms with E-state index in [1.54, 1.807) is 6.26 Å². The van der Waals surface area contributed by atoms with E-state index in [1.165, 1.54) is 4.90 Å². The van der Waals surface area contributed by atoms with Crippen LogP contribution in [0.2, 0.25) is 0 Å². The molecule has 3 N–H and O–H groups in total. The molecule has 1 aliphatic rings. The van der Waals surface area contributed by atoms with E-state index in [4.69, 9.17) is 14.1 Å². The van der Waals surface area contributed by atoms with Gasteiger partial charge in [-0.15, -0.1) is 11.8 Å². The Labute approximate surface area is 177 Å². The molecule has 1 aromatic heterocycles. The predicted molar refractivity (Wildman–Crippen MR) is 117 cm³/mol. The second-order valence-electron chi connectivity index (χ2n) is 7.29. The minimum Gasteiger partial charge on any atom is -0.469 e. The van der Waals surface area contributed by atoms with Crippen molar-refractivity contribution >= 4 is 17.7 Å². The lowest BCUT2D eigenvalue weighted by Gasteiger charge is -2.25. The first kappa shape index (κ1) is 21.7. The van der Waals surface area contributed by atoms with E-state index in [9.17, 15) is 5.11 Å². The fourth-order valence-corrected chi connectivity index (χ4v) is 4.11. The van der Waals surface area contributed by atoms with Gasteiger partial charge in [-0.25, -0.2) is 0 Å². The molecule has 7 heteroatoms. The van der Waals surface area contributed by atoms with Gasteiger partial charge in [0.15, 0.2) is 5.96 Å². The van der Waals surface area contributed by atoms with Gasteiger partial charge in [-0.1, -0.05) is 18.2 Å². The summed E-state index contributed by atoms with van der Waals surface area (Å²) in [6, 6.07) is 14.3. The summed E-state index contributed by atoms with van der Waals surface area (Å²) in [5, 5.41) is 16.3. The quantitative estimate of drug-likeness (QED) is 0.226. The molecule has 1 atom stereocenters. The summed E-state index contributed by atoms with van der Waals surface area (Å²) in [5.74, 6) is 2.71. The molecule has 0 amide bonds. The van der Waals surface area contributed by atoms with E-state index in [0.29, 0.717) is 13.2 Å². The molecule has 0 spiro atoms. The average molecular weight is 418 g/mol. The number of aliphatic hydroxyl groups excluding tert-OH is 1. The van der Waals surface area contributed by atoms with Crippen LogP contribution < -0.4 is 10.6 Å². The van der Waals surface area contributed by atoms with Crippen LogP contribution >= 0.6 is 11.8 Å². The molecule has 3 rings (SSSR count). The van der Waals surface area contributed by atoms with E-state index in [-0.39, 0.29) is 12.0 Å². The molecule has 2 aromatic rings. The standard InChI is InChI=1S/C22H31N3O3S/c26-13-9-22(10-15-27-18-22)17-25-21(23-11-8-19-5-4-14-28-19)24-12-16-29-20-6-2-1-3-7-20/h1-7,14,26H,8-13,15-18H2,(H2,23,24,25). The van der Waals surface area contributed by atoms with Gasteiger partial charge in [-0.05, 0) is 37.1 Å². The smallest absolute Gasteiger partial charge is 0.191 e. The summed E-state index contributed by atoms with van der Waals surface area (Å²) in [6.45, 7) is 3.79. The number of ether oxygens (including phenoxy) is 1. The molecule has 1 fully saturated rings. The number of benzene rings is 1. The molecular weight excluding hydrogens is 386 g/mol. The second-order valence-corrected chi connectivity index (χ2v) is 8.45. The second kappa shape index (κ2) is 11.9. The monoisotopic (exact) mass is 417 g/mol. The van der Waals surface area contributed by atoms with Gasteiger partial charge in [0.05, 0.1) is 19.4 Å². The van der Waals surface area contributed by atoms with Crippen LogP contribution in [0.15, 0.2) is 63.0 Å². The highest BCUT2D eigenvalue weighted by Crippen LogP contribution is 2.32. The molecule has 0 saturated carbocycles. The number of furan rings is 1. The zero-order chi connectivity index (χ0) is 20.2. The first-order chi connectivity index (χ1) is 14.3. The van der Waals surface area contributed by atoms with Crippen LogP contribution in [0, 0.1) is 5.41 Å². The highest BCUT2D eigenvalue weighted by molar-refractivity contribution is 7.99. The molecule has 1 aliphatic heterocycles. The Bertz CT molecular complexity index is 716. The minimum atomic E-state index is -0.0524. The Balaban J connectivity index is 1.51. The number of aliphatic hydroxyl groups is 1. The van der Waals surface area contributed by atoms with Crippen molar-refractivity contribution in [3.05, 3.63) is 54.5 Å². The van der Waals surface area contributed by atoms with Crippen LogP contribution in [0.5, 0.6) is 0 Å². The molecule has 0 radical (unpaired) electrons. The number of nitrogens with zero attached hydrogens (tertiary/aromatic N) is 1. The fourth-order valence-electron chi connectivity index (χ4n) is 3.32. The normalized spacial score (nSPS) is 19.4. The van der Waals surface area contributed by atoms with Crippen LogP contribution in [-0.2, 0) is 11.2 Å². The maximum absolute atomic E-state index is 9.44. The number of aliphatic imine (C=N–C) groups is 1. The van der Waals surface area contributed by atoms with Crippen LogP contribution in [0.4, 0.5) is 0 Å². The molecule has 29 heavy (non-hydrogen) atoms. The summed E-state index contributed by atoms with van der Waals surface area (Å²) in [4.78, 5) is 6.09. The van der Waals surface area contributed by atoms with E-state index >= 15 is 0 Å². The molecule has 6 nitrogen and oxygen atoms in total. The minimum absolute atomic E-state index is 0.0524. The summed E-state index contributed by atoms with van der Waals surface area (Å²) >= 11 is 1.82. The van der Waals surface area contributed by atoms with Gasteiger partial charge in [0, 0.05) is 48.8 Å². The van der Waals surface area contributed by atoms with Crippen molar-refractivity contribution in [2.75, 3.05) is 45.2 Å². The number of nitrogens with one attached hydrogen (secondary N) is 2. The maximum Gasteiger partial charge on any atom is 0.191 e.